The molecule has 2 fully saturated rings. The summed E-state index contributed by atoms with van der Waals surface area (Å²) in [6.07, 6.45) is 6.99. The molecule has 0 aromatic carbocycles. The number of hydrogen-bond acceptors (Lipinski definition) is 5. The number of rotatable bonds is 4. The van der Waals surface area contributed by atoms with Gasteiger partial charge < -0.3 is 4.90 Å². The molecule has 112 valence electrons. The van der Waals surface area contributed by atoms with Gasteiger partial charge in [-0.05, 0) is 13.3 Å². The summed E-state index contributed by atoms with van der Waals surface area (Å²) in [5, 5.41) is 2.09. The predicted octanol–water partition coefficient (Wildman–Crippen LogP) is -0.840. The largest absolute Gasteiger partial charge is 0.341 e. The van der Waals surface area contributed by atoms with E-state index in [4.69, 9.17) is 6.42 Å². The second-order valence-electron chi connectivity index (χ2n) is 5.56. The standard InChI is InChI=1S/C14H25N5O/c1-4-5-8-19-11(2)13(10-17-19)14(20)18(3)12-6-7-15-16-9-12/h1,11-13,15-17H,5-10H2,2-3H3. The van der Waals surface area contributed by atoms with E-state index < -0.39 is 0 Å². The Balaban J connectivity index is 1.90. The average molecular weight is 279 g/mol. The summed E-state index contributed by atoms with van der Waals surface area (Å²) in [6, 6.07) is 0.462. The monoisotopic (exact) mass is 279 g/mol. The van der Waals surface area contributed by atoms with E-state index in [1.807, 2.05) is 11.9 Å². The third kappa shape index (κ3) is 3.30. The topological polar surface area (TPSA) is 59.6 Å². The lowest BCUT2D eigenvalue weighted by atomic mass is 9.99. The van der Waals surface area contributed by atoms with Crippen LogP contribution in [0.25, 0.3) is 0 Å². The maximum Gasteiger partial charge on any atom is 0.228 e. The Kier molecular flexibility index (Phi) is 5.38. The lowest BCUT2D eigenvalue weighted by molar-refractivity contribution is -0.136. The molecule has 0 bridgehead atoms. The first-order valence-electron chi connectivity index (χ1n) is 7.31. The molecule has 0 aromatic heterocycles. The fourth-order valence-electron chi connectivity index (χ4n) is 2.90. The Morgan fingerprint density at radius 1 is 1.45 bits per heavy atom. The van der Waals surface area contributed by atoms with Gasteiger partial charge in [-0.1, -0.05) is 0 Å². The Morgan fingerprint density at radius 3 is 2.90 bits per heavy atom. The molecule has 3 atom stereocenters. The van der Waals surface area contributed by atoms with Crippen LogP contribution in [0.3, 0.4) is 0 Å². The first-order valence-corrected chi connectivity index (χ1v) is 7.31. The summed E-state index contributed by atoms with van der Waals surface area (Å²) < 4.78 is 0. The molecule has 2 heterocycles. The third-order valence-electron chi connectivity index (χ3n) is 4.36. The summed E-state index contributed by atoms with van der Waals surface area (Å²) in [4.78, 5) is 14.5. The van der Waals surface area contributed by atoms with Crippen LogP contribution < -0.4 is 16.3 Å². The third-order valence-corrected chi connectivity index (χ3v) is 4.36. The Hall–Kier alpha value is -1.13. The highest BCUT2D eigenvalue weighted by atomic mass is 16.2. The second-order valence-corrected chi connectivity index (χ2v) is 5.56. The van der Waals surface area contributed by atoms with Crippen molar-refractivity contribution in [3.8, 4) is 12.3 Å². The summed E-state index contributed by atoms with van der Waals surface area (Å²) in [5.74, 6) is 2.87. The zero-order chi connectivity index (χ0) is 14.5. The van der Waals surface area contributed by atoms with Crippen molar-refractivity contribution in [3.05, 3.63) is 0 Å². The lowest BCUT2D eigenvalue weighted by Crippen LogP contribution is -2.54. The normalized spacial score (nSPS) is 30.9. The van der Waals surface area contributed by atoms with Gasteiger partial charge in [-0.2, -0.15) is 0 Å². The molecule has 0 aromatic rings. The van der Waals surface area contributed by atoms with Gasteiger partial charge >= 0.3 is 0 Å². The highest BCUT2D eigenvalue weighted by Gasteiger charge is 2.38. The van der Waals surface area contributed by atoms with E-state index in [1.54, 1.807) is 0 Å². The maximum atomic E-state index is 12.6. The molecule has 2 rings (SSSR count). The van der Waals surface area contributed by atoms with Crippen LogP contribution in [0.15, 0.2) is 0 Å². The number of carbonyl (C=O) groups excluding carboxylic acids is 1. The number of amides is 1. The van der Waals surface area contributed by atoms with Crippen LogP contribution in [0.2, 0.25) is 0 Å². The van der Waals surface area contributed by atoms with Crippen molar-refractivity contribution in [2.45, 2.75) is 31.8 Å². The second kappa shape index (κ2) is 7.04. The van der Waals surface area contributed by atoms with Gasteiger partial charge in [0.1, 0.15) is 0 Å². The van der Waals surface area contributed by atoms with Gasteiger partial charge in [0.05, 0.1) is 5.92 Å². The molecular formula is C14H25N5O. The van der Waals surface area contributed by atoms with Crippen molar-refractivity contribution in [2.24, 2.45) is 5.92 Å². The van der Waals surface area contributed by atoms with Gasteiger partial charge in [0.2, 0.25) is 5.91 Å². The molecule has 3 N–H and O–H groups in total. The van der Waals surface area contributed by atoms with Gasteiger partial charge in [0.25, 0.3) is 0 Å². The van der Waals surface area contributed by atoms with Gasteiger partial charge in [0.15, 0.2) is 0 Å². The van der Waals surface area contributed by atoms with Crippen molar-refractivity contribution in [3.63, 3.8) is 0 Å². The summed E-state index contributed by atoms with van der Waals surface area (Å²) in [7, 11) is 1.91. The number of nitrogens with zero attached hydrogens (tertiary/aromatic N) is 2. The fraction of sp³-hybridized carbons (Fsp3) is 0.786. The van der Waals surface area contributed by atoms with Crippen molar-refractivity contribution >= 4 is 5.91 Å². The molecule has 0 saturated carbocycles. The Morgan fingerprint density at radius 2 is 2.25 bits per heavy atom. The van der Waals surface area contributed by atoms with Crippen LogP contribution in [0.1, 0.15) is 19.8 Å². The van der Waals surface area contributed by atoms with Crippen molar-refractivity contribution in [2.75, 3.05) is 33.2 Å². The molecule has 6 nitrogen and oxygen atoms in total. The van der Waals surface area contributed by atoms with E-state index in [1.165, 1.54) is 0 Å². The van der Waals surface area contributed by atoms with E-state index in [0.29, 0.717) is 13.0 Å². The molecule has 3 unspecified atom stereocenters. The van der Waals surface area contributed by atoms with E-state index in [0.717, 1.165) is 26.1 Å². The zero-order valence-electron chi connectivity index (χ0n) is 12.4. The highest BCUT2D eigenvalue weighted by Crippen LogP contribution is 2.20. The van der Waals surface area contributed by atoms with Crippen LogP contribution in [-0.2, 0) is 4.79 Å². The summed E-state index contributed by atoms with van der Waals surface area (Å²) in [6.45, 7) is 5.29. The SMILES string of the molecule is C#CCCN1NCC(C(=O)N(C)C2CCNNC2)C1C. The van der Waals surface area contributed by atoms with E-state index in [9.17, 15) is 4.79 Å². The van der Waals surface area contributed by atoms with Crippen molar-refractivity contribution in [1.82, 2.24) is 26.2 Å². The van der Waals surface area contributed by atoms with E-state index in [-0.39, 0.29) is 23.9 Å². The molecule has 6 heteroatoms. The molecule has 0 radical (unpaired) electrons. The van der Waals surface area contributed by atoms with Crippen LogP contribution in [-0.4, -0.2) is 61.1 Å². The molecular weight excluding hydrogens is 254 g/mol. The number of nitrogens with one attached hydrogen (secondary N) is 3. The molecule has 0 aliphatic carbocycles. The minimum atomic E-state index is 0.00709. The zero-order valence-corrected chi connectivity index (χ0v) is 12.4. The van der Waals surface area contributed by atoms with E-state index in [2.05, 4.69) is 34.1 Å². The molecule has 2 saturated heterocycles. The number of hydrogen-bond donors (Lipinski definition) is 3. The van der Waals surface area contributed by atoms with Gasteiger partial charge in [0, 0.05) is 51.7 Å². The van der Waals surface area contributed by atoms with E-state index >= 15 is 0 Å². The van der Waals surface area contributed by atoms with Crippen LogP contribution in [0.4, 0.5) is 0 Å². The predicted molar refractivity (Wildman–Crippen MR) is 78.3 cm³/mol. The fourth-order valence-corrected chi connectivity index (χ4v) is 2.90. The van der Waals surface area contributed by atoms with Gasteiger partial charge in [-0.25, -0.2) is 5.01 Å². The first kappa shape index (κ1) is 15.3. The van der Waals surface area contributed by atoms with Crippen LogP contribution >= 0.6 is 0 Å². The smallest absolute Gasteiger partial charge is 0.228 e. The lowest BCUT2D eigenvalue weighted by Gasteiger charge is -2.34. The number of likely N-dealkylation sites (N-methyl/N-ethyl adjacent to an activating group) is 1. The van der Waals surface area contributed by atoms with Crippen molar-refractivity contribution < 1.29 is 4.79 Å². The molecule has 20 heavy (non-hydrogen) atoms. The minimum absolute atomic E-state index is 0.00709. The average Bonchev–Trinajstić information content (AvgIpc) is 2.85. The molecule has 0 spiro atoms. The number of hydrazine groups is 2. The van der Waals surface area contributed by atoms with Crippen LogP contribution in [0.5, 0.6) is 0 Å². The quantitative estimate of drug-likeness (QED) is 0.586. The summed E-state index contributed by atoms with van der Waals surface area (Å²) >= 11 is 0. The summed E-state index contributed by atoms with van der Waals surface area (Å²) in [5.41, 5.74) is 9.50. The van der Waals surface area contributed by atoms with Crippen LogP contribution in [0, 0.1) is 18.3 Å². The first-order chi connectivity index (χ1) is 9.65. The number of carbonyl (C=O) groups is 1. The minimum Gasteiger partial charge on any atom is -0.341 e. The Bertz CT molecular complexity index is 374. The molecule has 2 aliphatic rings. The van der Waals surface area contributed by atoms with Gasteiger partial charge in [-0.3, -0.25) is 21.1 Å². The highest BCUT2D eigenvalue weighted by molar-refractivity contribution is 5.80. The molecule has 1 amide bonds. The number of terminal acetylenes is 1. The Labute approximate surface area is 121 Å². The maximum absolute atomic E-state index is 12.6. The van der Waals surface area contributed by atoms with Crippen molar-refractivity contribution in [1.29, 1.82) is 0 Å². The molecule has 2 aliphatic heterocycles. The van der Waals surface area contributed by atoms with Gasteiger partial charge in [-0.15, -0.1) is 12.3 Å².